The minimum absolute atomic E-state index is 0.0220. The Morgan fingerprint density at radius 1 is 0.900 bits per heavy atom. The summed E-state index contributed by atoms with van der Waals surface area (Å²) in [5, 5.41) is 0. The van der Waals surface area contributed by atoms with Crippen molar-refractivity contribution in [3.05, 3.63) is 53.6 Å². The molecule has 2 aromatic carbocycles. The molecule has 0 fully saturated rings. The van der Waals surface area contributed by atoms with Crippen LogP contribution in [0, 0.1) is 5.92 Å². The maximum atomic E-state index is 6.26. The number of methoxy groups -OCH3 is 1. The van der Waals surface area contributed by atoms with E-state index in [1.54, 1.807) is 7.11 Å². The number of ether oxygens (including phenoxy) is 3. The van der Waals surface area contributed by atoms with Crippen LogP contribution in [-0.2, 0) is 0 Å². The summed E-state index contributed by atoms with van der Waals surface area (Å²) in [6.07, 6.45) is 0.0440. The van der Waals surface area contributed by atoms with Crippen LogP contribution in [0.5, 0.6) is 17.2 Å². The van der Waals surface area contributed by atoms with Gasteiger partial charge in [0, 0.05) is 17.0 Å². The minimum atomic E-state index is 0.0220. The third kappa shape index (κ3) is 1.46. The Balaban J connectivity index is 1.89. The van der Waals surface area contributed by atoms with Crippen molar-refractivity contribution in [2.45, 2.75) is 19.1 Å². The topological polar surface area (TPSA) is 27.7 Å². The van der Waals surface area contributed by atoms with E-state index in [-0.39, 0.29) is 18.1 Å². The first-order valence-electron chi connectivity index (χ1n) is 6.88. The van der Waals surface area contributed by atoms with Gasteiger partial charge in [0.2, 0.25) is 0 Å². The fourth-order valence-corrected chi connectivity index (χ4v) is 3.20. The van der Waals surface area contributed by atoms with Gasteiger partial charge < -0.3 is 14.2 Å². The van der Waals surface area contributed by atoms with Crippen LogP contribution in [0.25, 0.3) is 0 Å². The lowest BCUT2D eigenvalue weighted by Gasteiger charge is -2.43. The Kier molecular flexibility index (Phi) is 2.43. The van der Waals surface area contributed by atoms with E-state index < -0.39 is 0 Å². The molecule has 0 unspecified atom stereocenters. The van der Waals surface area contributed by atoms with E-state index in [4.69, 9.17) is 14.2 Å². The Bertz CT molecular complexity index is 665. The van der Waals surface area contributed by atoms with Crippen LogP contribution in [0.2, 0.25) is 0 Å². The standard InChI is InChI=1S/C17H16O3/c1-10-15-11-6-3-4-8-13(11)19-16(10)12-7-5-9-14(18-2)17(12)20-15/h3-10,15-16H,1-2H3/t10-,15-,16-/m0/s1. The highest BCUT2D eigenvalue weighted by Gasteiger charge is 2.43. The zero-order valence-electron chi connectivity index (χ0n) is 11.5. The number of fused-ring (bicyclic) bond motifs is 6. The summed E-state index contributed by atoms with van der Waals surface area (Å²) in [5.41, 5.74) is 2.19. The summed E-state index contributed by atoms with van der Waals surface area (Å²) < 4.78 is 17.9. The normalized spacial score (nSPS) is 25.8. The predicted molar refractivity (Wildman–Crippen MR) is 75.3 cm³/mol. The maximum Gasteiger partial charge on any atom is 0.169 e. The molecule has 2 bridgehead atoms. The summed E-state index contributed by atoms with van der Waals surface area (Å²) in [5.74, 6) is 2.79. The molecule has 0 aliphatic carbocycles. The van der Waals surface area contributed by atoms with E-state index in [0.29, 0.717) is 0 Å². The second-order valence-corrected chi connectivity index (χ2v) is 5.35. The number of rotatable bonds is 1. The van der Waals surface area contributed by atoms with Gasteiger partial charge in [-0.3, -0.25) is 0 Å². The van der Waals surface area contributed by atoms with Crippen LogP contribution < -0.4 is 14.2 Å². The molecule has 0 N–H and O–H groups in total. The first kappa shape index (κ1) is 11.6. The Labute approximate surface area is 118 Å². The van der Waals surface area contributed by atoms with E-state index in [0.717, 1.165) is 28.4 Å². The Morgan fingerprint density at radius 3 is 2.50 bits per heavy atom. The molecular weight excluding hydrogens is 252 g/mol. The molecule has 0 spiro atoms. The third-order valence-corrected chi connectivity index (χ3v) is 4.22. The van der Waals surface area contributed by atoms with Gasteiger partial charge in [0.05, 0.1) is 7.11 Å². The molecule has 0 aromatic heterocycles. The van der Waals surface area contributed by atoms with Gasteiger partial charge in [-0.1, -0.05) is 37.3 Å². The van der Waals surface area contributed by atoms with Gasteiger partial charge in [0.25, 0.3) is 0 Å². The van der Waals surface area contributed by atoms with Gasteiger partial charge in [-0.05, 0) is 12.1 Å². The predicted octanol–water partition coefficient (Wildman–Crippen LogP) is 3.90. The average Bonchev–Trinajstić information content (AvgIpc) is 2.48. The van der Waals surface area contributed by atoms with Gasteiger partial charge in [-0.2, -0.15) is 0 Å². The molecule has 3 heteroatoms. The zero-order valence-corrected chi connectivity index (χ0v) is 11.5. The maximum absolute atomic E-state index is 6.26. The van der Waals surface area contributed by atoms with Gasteiger partial charge in [0.1, 0.15) is 18.0 Å². The lowest BCUT2D eigenvalue weighted by Crippen LogP contribution is -2.35. The average molecular weight is 268 g/mol. The van der Waals surface area contributed by atoms with Gasteiger partial charge in [0.15, 0.2) is 11.5 Å². The molecule has 4 rings (SSSR count). The Morgan fingerprint density at radius 2 is 1.65 bits per heavy atom. The molecule has 2 aromatic rings. The van der Waals surface area contributed by atoms with Crippen LogP contribution in [0.3, 0.4) is 0 Å². The first-order chi connectivity index (χ1) is 9.79. The minimum Gasteiger partial charge on any atom is -0.493 e. The quantitative estimate of drug-likeness (QED) is 0.785. The van der Waals surface area contributed by atoms with Crippen molar-refractivity contribution >= 4 is 0 Å². The molecule has 0 radical (unpaired) electrons. The van der Waals surface area contributed by atoms with Gasteiger partial charge in [-0.25, -0.2) is 0 Å². The summed E-state index contributed by atoms with van der Waals surface area (Å²) in [7, 11) is 1.67. The second kappa shape index (κ2) is 4.17. The molecule has 2 heterocycles. The molecule has 20 heavy (non-hydrogen) atoms. The molecule has 0 saturated heterocycles. The monoisotopic (exact) mass is 268 g/mol. The van der Waals surface area contributed by atoms with Crippen molar-refractivity contribution in [2.75, 3.05) is 7.11 Å². The van der Waals surface area contributed by atoms with Crippen molar-refractivity contribution < 1.29 is 14.2 Å². The fourth-order valence-electron chi connectivity index (χ4n) is 3.20. The molecule has 3 nitrogen and oxygen atoms in total. The van der Waals surface area contributed by atoms with E-state index in [9.17, 15) is 0 Å². The zero-order chi connectivity index (χ0) is 13.7. The van der Waals surface area contributed by atoms with E-state index >= 15 is 0 Å². The van der Waals surface area contributed by atoms with E-state index in [1.807, 2.05) is 30.3 Å². The van der Waals surface area contributed by atoms with Crippen molar-refractivity contribution in [1.29, 1.82) is 0 Å². The highest BCUT2D eigenvalue weighted by Crippen LogP contribution is 2.54. The molecule has 102 valence electrons. The lowest BCUT2D eigenvalue weighted by atomic mass is 9.83. The first-order valence-corrected chi connectivity index (χ1v) is 6.88. The summed E-state index contributed by atoms with van der Waals surface area (Å²) >= 11 is 0. The van der Waals surface area contributed by atoms with Gasteiger partial charge in [-0.15, -0.1) is 0 Å². The molecule has 0 saturated carbocycles. The van der Waals surface area contributed by atoms with Crippen LogP contribution in [-0.4, -0.2) is 7.11 Å². The summed E-state index contributed by atoms with van der Waals surface area (Å²) in [6, 6.07) is 14.1. The number of benzene rings is 2. The number of para-hydroxylation sites is 2. The van der Waals surface area contributed by atoms with Crippen molar-refractivity contribution in [2.24, 2.45) is 5.92 Å². The van der Waals surface area contributed by atoms with Crippen LogP contribution in [0.1, 0.15) is 30.3 Å². The SMILES string of the molecule is COc1cccc2c1O[C@@H]1c3ccccc3O[C@H]2[C@H]1C. The third-order valence-electron chi connectivity index (χ3n) is 4.22. The summed E-state index contributed by atoms with van der Waals surface area (Å²) in [4.78, 5) is 0. The van der Waals surface area contributed by atoms with Crippen LogP contribution >= 0.6 is 0 Å². The van der Waals surface area contributed by atoms with Crippen LogP contribution in [0.4, 0.5) is 0 Å². The highest BCUT2D eigenvalue weighted by molar-refractivity contribution is 5.52. The van der Waals surface area contributed by atoms with E-state index in [2.05, 4.69) is 19.1 Å². The lowest BCUT2D eigenvalue weighted by molar-refractivity contribution is -0.00450. The molecule has 3 atom stereocenters. The van der Waals surface area contributed by atoms with Crippen LogP contribution in [0.15, 0.2) is 42.5 Å². The highest BCUT2D eigenvalue weighted by atomic mass is 16.5. The Hall–Kier alpha value is -2.16. The number of hydrogen-bond donors (Lipinski definition) is 0. The van der Waals surface area contributed by atoms with Crippen molar-refractivity contribution in [3.63, 3.8) is 0 Å². The molecule has 0 amide bonds. The number of hydrogen-bond acceptors (Lipinski definition) is 3. The van der Waals surface area contributed by atoms with Crippen molar-refractivity contribution in [1.82, 2.24) is 0 Å². The van der Waals surface area contributed by atoms with Gasteiger partial charge >= 0.3 is 0 Å². The fraction of sp³-hybridized carbons (Fsp3) is 0.294. The van der Waals surface area contributed by atoms with Crippen molar-refractivity contribution in [3.8, 4) is 17.2 Å². The molecule has 2 aliphatic rings. The smallest absolute Gasteiger partial charge is 0.169 e. The second-order valence-electron chi connectivity index (χ2n) is 5.35. The largest absolute Gasteiger partial charge is 0.493 e. The van der Waals surface area contributed by atoms with E-state index in [1.165, 1.54) is 0 Å². The molecule has 2 aliphatic heterocycles. The molecular formula is C17H16O3. The summed E-state index contributed by atoms with van der Waals surface area (Å²) in [6.45, 7) is 2.17.